The average Bonchev–Trinajstić information content (AvgIpc) is 2.67. The van der Waals surface area contributed by atoms with Crippen LogP contribution >= 0.6 is 0 Å². The summed E-state index contributed by atoms with van der Waals surface area (Å²) in [5.74, 6) is -0.152. The molecule has 1 aromatic heterocycles. The summed E-state index contributed by atoms with van der Waals surface area (Å²) in [6.45, 7) is 0. The van der Waals surface area contributed by atoms with Crippen LogP contribution in [0.5, 0.6) is 0 Å². The summed E-state index contributed by atoms with van der Waals surface area (Å²) in [5, 5.41) is 0.976. The number of carbonyl (C=O) groups is 1. The topological polar surface area (TPSA) is 82.2 Å². The van der Waals surface area contributed by atoms with Crippen molar-refractivity contribution in [2.75, 3.05) is 11.5 Å². The third-order valence-electron chi connectivity index (χ3n) is 3.29. The van der Waals surface area contributed by atoms with Crippen LogP contribution in [0.1, 0.15) is 16.4 Å². The third kappa shape index (κ3) is 1.69. The van der Waals surface area contributed by atoms with Crippen LogP contribution in [0.25, 0.3) is 10.9 Å². The number of primary amides is 1. The molecule has 2 heterocycles. The van der Waals surface area contributed by atoms with Crippen molar-refractivity contribution in [1.29, 1.82) is 0 Å². The highest BCUT2D eigenvalue weighted by Crippen LogP contribution is 2.29. The van der Waals surface area contributed by atoms with Gasteiger partial charge in [0.15, 0.2) is 9.84 Å². The van der Waals surface area contributed by atoms with Crippen molar-refractivity contribution in [3.8, 4) is 0 Å². The van der Waals surface area contributed by atoms with Gasteiger partial charge in [0.1, 0.15) is 0 Å². The predicted molar refractivity (Wildman–Crippen MR) is 68.1 cm³/mol. The van der Waals surface area contributed by atoms with Crippen LogP contribution in [0.15, 0.2) is 30.5 Å². The quantitative estimate of drug-likeness (QED) is 0.867. The zero-order valence-electron chi connectivity index (χ0n) is 9.54. The van der Waals surface area contributed by atoms with Crippen molar-refractivity contribution in [2.45, 2.75) is 6.04 Å². The lowest BCUT2D eigenvalue weighted by molar-refractivity contribution is 0.100. The molecule has 6 heteroatoms. The monoisotopic (exact) mass is 264 g/mol. The molecule has 0 unspecified atom stereocenters. The lowest BCUT2D eigenvalue weighted by Gasteiger charge is -2.28. The van der Waals surface area contributed by atoms with Crippen molar-refractivity contribution < 1.29 is 13.2 Å². The van der Waals surface area contributed by atoms with Gasteiger partial charge in [0, 0.05) is 17.3 Å². The molecule has 1 amide bonds. The first-order valence-corrected chi connectivity index (χ1v) is 7.39. The number of nitrogens with zero attached hydrogens (tertiary/aromatic N) is 1. The second kappa shape index (κ2) is 3.58. The Labute approximate surface area is 104 Å². The van der Waals surface area contributed by atoms with E-state index >= 15 is 0 Å². The fourth-order valence-corrected chi connectivity index (χ4v) is 3.71. The molecular formula is C12H12N2O3S. The molecule has 1 saturated heterocycles. The maximum absolute atomic E-state index is 11.2. The van der Waals surface area contributed by atoms with Crippen LogP contribution < -0.4 is 5.73 Å². The van der Waals surface area contributed by atoms with Gasteiger partial charge in [0.05, 0.1) is 17.5 Å². The summed E-state index contributed by atoms with van der Waals surface area (Å²) >= 11 is 0. The van der Waals surface area contributed by atoms with Crippen LogP contribution in [-0.2, 0) is 9.84 Å². The molecule has 0 saturated carbocycles. The molecular weight excluding hydrogens is 252 g/mol. The number of rotatable bonds is 2. The van der Waals surface area contributed by atoms with Gasteiger partial charge in [-0.1, -0.05) is 6.07 Å². The average molecular weight is 264 g/mol. The van der Waals surface area contributed by atoms with Gasteiger partial charge >= 0.3 is 0 Å². The van der Waals surface area contributed by atoms with E-state index in [1.807, 2.05) is 22.9 Å². The lowest BCUT2D eigenvalue weighted by atomic mass is 10.1. The van der Waals surface area contributed by atoms with Gasteiger partial charge in [-0.25, -0.2) is 8.42 Å². The van der Waals surface area contributed by atoms with E-state index in [0.717, 1.165) is 10.9 Å². The molecule has 18 heavy (non-hydrogen) atoms. The Balaban J connectivity index is 2.08. The normalized spacial score (nSPS) is 18.7. The van der Waals surface area contributed by atoms with Crippen molar-refractivity contribution in [1.82, 2.24) is 4.57 Å². The maximum atomic E-state index is 11.2. The number of fused-ring (bicyclic) bond motifs is 1. The molecule has 0 bridgehead atoms. The number of benzene rings is 1. The molecule has 0 atom stereocenters. The number of sulfone groups is 1. The summed E-state index contributed by atoms with van der Waals surface area (Å²) in [6.07, 6.45) is 1.86. The van der Waals surface area contributed by atoms with Gasteiger partial charge in [-0.2, -0.15) is 0 Å². The minimum atomic E-state index is -2.86. The van der Waals surface area contributed by atoms with E-state index in [1.165, 1.54) is 0 Å². The first-order chi connectivity index (χ1) is 8.46. The highest BCUT2D eigenvalue weighted by atomic mass is 32.2. The van der Waals surface area contributed by atoms with E-state index < -0.39 is 15.7 Å². The Kier molecular flexibility index (Phi) is 2.25. The van der Waals surface area contributed by atoms with Gasteiger partial charge < -0.3 is 10.3 Å². The Bertz CT molecular complexity index is 734. The second-order valence-corrected chi connectivity index (χ2v) is 6.75. The van der Waals surface area contributed by atoms with Gasteiger partial charge in [0.25, 0.3) is 0 Å². The van der Waals surface area contributed by atoms with Crippen LogP contribution in [0.2, 0.25) is 0 Å². The zero-order chi connectivity index (χ0) is 12.9. The fourth-order valence-electron chi connectivity index (χ4n) is 2.32. The Morgan fingerprint density at radius 3 is 2.61 bits per heavy atom. The molecule has 0 spiro atoms. The van der Waals surface area contributed by atoms with Gasteiger partial charge in [0.2, 0.25) is 5.91 Å². The number of aromatic nitrogens is 1. The third-order valence-corrected chi connectivity index (χ3v) is 5.08. The molecule has 5 nitrogen and oxygen atoms in total. The molecule has 3 rings (SSSR count). The minimum Gasteiger partial charge on any atom is -0.366 e. The first-order valence-electron chi connectivity index (χ1n) is 5.57. The van der Waals surface area contributed by atoms with Crippen LogP contribution in [-0.4, -0.2) is 30.4 Å². The molecule has 1 aliphatic rings. The van der Waals surface area contributed by atoms with Gasteiger partial charge in [-0.05, 0) is 23.6 Å². The van der Waals surface area contributed by atoms with E-state index in [4.69, 9.17) is 5.73 Å². The minimum absolute atomic E-state index is 0.0318. The molecule has 1 fully saturated rings. The molecule has 2 N–H and O–H groups in total. The van der Waals surface area contributed by atoms with Crippen molar-refractivity contribution in [3.05, 3.63) is 36.0 Å². The number of carbonyl (C=O) groups excluding carboxylic acids is 1. The van der Waals surface area contributed by atoms with Gasteiger partial charge in [-0.3, -0.25) is 4.79 Å². The summed E-state index contributed by atoms with van der Waals surface area (Å²) < 4.78 is 24.3. The number of hydrogen-bond donors (Lipinski definition) is 1. The first kappa shape index (κ1) is 11.3. The standard InChI is InChI=1S/C12H12N2O3S/c13-12(15)9-2-1-8-3-4-14(11(8)5-9)10-6-18(16,17)7-10/h1-5,10H,6-7H2,(H2,13,15). The SMILES string of the molecule is NC(=O)c1ccc2ccn(C3CS(=O)(=O)C3)c2c1. The Morgan fingerprint density at radius 1 is 1.28 bits per heavy atom. The van der Waals surface area contributed by atoms with E-state index in [2.05, 4.69) is 0 Å². The Hall–Kier alpha value is -1.82. The summed E-state index contributed by atoms with van der Waals surface area (Å²) in [7, 11) is -2.86. The molecule has 94 valence electrons. The molecule has 2 aromatic rings. The summed E-state index contributed by atoms with van der Waals surface area (Å²) in [4.78, 5) is 11.2. The van der Waals surface area contributed by atoms with Crippen LogP contribution in [0.3, 0.4) is 0 Å². The van der Waals surface area contributed by atoms with E-state index in [-0.39, 0.29) is 17.5 Å². The second-order valence-electron chi connectivity index (χ2n) is 4.59. The smallest absolute Gasteiger partial charge is 0.248 e. The summed E-state index contributed by atoms with van der Waals surface area (Å²) in [6, 6.07) is 7.08. The van der Waals surface area contributed by atoms with E-state index in [1.54, 1.807) is 12.1 Å². The largest absolute Gasteiger partial charge is 0.366 e. The molecule has 0 aliphatic carbocycles. The highest BCUT2D eigenvalue weighted by molar-refractivity contribution is 7.92. The summed E-state index contributed by atoms with van der Waals surface area (Å²) in [5.41, 5.74) is 6.53. The van der Waals surface area contributed by atoms with E-state index in [0.29, 0.717) is 5.56 Å². The molecule has 1 aliphatic heterocycles. The maximum Gasteiger partial charge on any atom is 0.248 e. The molecule has 1 aromatic carbocycles. The fraction of sp³-hybridized carbons (Fsp3) is 0.250. The van der Waals surface area contributed by atoms with Crippen molar-refractivity contribution in [3.63, 3.8) is 0 Å². The number of amides is 1. The number of nitrogens with two attached hydrogens (primary N) is 1. The highest BCUT2D eigenvalue weighted by Gasteiger charge is 2.34. The lowest BCUT2D eigenvalue weighted by Crippen LogP contribution is -2.37. The molecule has 0 radical (unpaired) electrons. The Morgan fingerprint density at radius 2 is 2.00 bits per heavy atom. The van der Waals surface area contributed by atoms with E-state index in [9.17, 15) is 13.2 Å². The van der Waals surface area contributed by atoms with Crippen molar-refractivity contribution >= 4 is 26.6 Å². The zero-order valence-corrected chi connectivity index (χ0v) is 10.4. The van der Waals surface area contributed by atoms with Gasteiger partial charge in [-0.15, -0.1) is 0 Å². The predicted octanol–water partition coefficient (Wildman–Crippen LogP) is 0.710. The van der Waals surface area contributed by atoms with Crippen LogP contribution in [0.4, 0.5) is 0 Å². The van der Waals surface area contributed by atoms with Crippen LogP contribution in [0, 0.1) is 0 Å². The number of hydrogen-bond acceptors (Lipinski definition) is 3. The van der Waals surface area contributed by atoms with Crippen molar-refractivity contribution in [2.24, 2.45) is 5.73 Å².